The molecule has 1 saturated heterocycles. The average molecular weight is 323 g/mol. The Hall–Kier alpha value is -1.06. The monoisotopic (exact) mass is 322 g/mol. The molecular formula is C18H27ClN2O. The van der Waals surface area contributed by atoms with Gasteiger partial charge in [0, 0.05) is 6.04 Å². The number of benzene rings is 1. The van der Waals surface area contributed by atoms with Gasteiger partial charge in [0.15, 0.2) is 0 Å². The van der Waals surface area contributed by atoms with E-state index in [0.717, 1.165) is 45.2 Å². The van der Waals surface area contributed by atoms with E-state index in [0.29, 0.717) is 12.0 Å². The fourth-order valence-electron chi connectivity index (χ4n) is 3.92. The molecule has 0 aromatic heterocycles. The molecule has 1 heterocycles. The van der Waals surface area contributed by atoms with Crippen molar-refractivity contribution in [3.63, 3.8) is 0 Å². The molecule has 1 aliphatic heterocycles. The summed E-state index contributed by atoms with van der Waals surface area (Å²) in [5, 5.41) is 6.77. The third-order valence-corrected chi connectivity index (χ3v) is 5.32. The van der Waals surface area contributed by atoms with Gasteiger partial charge in [-0.25, -0.2) is 0 Å². The second-order valence-corrected chi connectivity index (χ2v) is 6.71. The largest absolute Gasteiger partial charge is 0.352 e. The van der Waals surface area contributed by atoms with E-state index in [-0.39, 0.29) is 23.7 Å². The van der Waals surface area contributed by atoms with E-state index < -0.39 is 0 Å². The van der Waals surface area contributed by atoms with Gasteiger partial charge in [0.1, 0.15) is 0 Å². The predicted octanol–water partition coefficient (Wildman–Crippen LogP) is 3.03. The smallest absolute Gasteiger partial charge is 0.230 e. The summed E-state index contributed by atoms with van der Waals surface area (Å²) >= 11 is 0. The molecule has 1 aliphatic carbocycles. The number of nitrogens with one attached hydrogen (secondary N) is 2. The van der Waals surface area contributed by atoms with Crippen LogP contribution in [0.1, 0.15) is 44.6 Å². The molecule has 22 heavy (non-hydrogen) atoms. The Morgan fingerprint density at radius 3 is 2.55 bits per heavy atom. The van der Waals surface area contributed by atoms with E-state index in [2.05, 4.69) is 41.8 Å². The molecule has 2 aliphatic rings. The Balaban J connectivity index is 0.00000176. The normalized spacial score (nSPS) is 27.0. The van der Waals surface area contributed by atoms with Crippen LogP contribution in [0, 0.1) is 5.92 Å². The second-order valence-electron chi connectivity index (χ2n) is 6.71. The number of carbonyl (C=O) groups excluding carboxylic acids is 1. The van der Waals surface area contributed by atoms with E-state index in [4.69, 9.17) is 0 Å². The summed E-state index contributed by atoms with van der Waals surface area (Å²) < 4.78 is 0. The highest BCUT2D eigenvalue weighted by Crippen LogP contribution is 2.41. The topological polar surface area (TPSA) is 41.1 Å². The van der Waals surface area contributed by atoms with Crippen LogP contribution in [0.15, 0.2) is 30.3 Å². The number of amides is 1. The van der Waals surface area contributed by atoms with Gasteiger partial charge in [-0.3, -0.25) is 4.79 Å². The van der Waals surface area contributed by atoms with Crippen LogP contribution in [0.4, 0.5) is 0 Å². The van der Waals surface area contributed by atoms with E-state index in [1.807, 2.05) is 6.07 Å². The van der Waals surface area contributed by atoms with Crippen molar-refractivity contribution in [1.82, 2.24) is 10.6 Å². The van der Waals surface area contributed by atoms with Gasteiger partial charge in [-0.1, -0.05) is 50.1 Å². The summed E-state index contributed by atoms with van der Waals surface area (Å²) in [4.78, 5) is 13.0. The Morgan fingerprint density at radius 1 is 1.23 bits per heavy atom. The third kappa shape index (κ3) is 3.31. The molecule has 2 N–H and O–H groups in total. The van der Waals surface area contributed by atoms with Gasteiger partial charge in [-0.2, -0.15) is 0 Å². The first-order chi connectivity index (χ1) is 10.2. The van der Waals surface area contributed by atoms with Crippen LogP contribution in [0.2, 0.25) is 0 Å². The molecule has 1 saturated carbocycles. The molecule has 1 amide bonds. The molecule has 0 bridgehead atoms. The van der Waals surface area contributed by atoms with Crippen LogP contribution < -0.4 is 10.6 Å². The highest BCUT2D eigenvalue weighted by atomic mass is 35.5. The number of piperidine rings is 1. The lowest BCUT2D eigenvalue weighted by molar-refractivity contribution is -0.127. The van der Waals surface area contributed by atoms with Crippen LogP contribution in [0.5, 0.6) is 0 Å². The zero-order valence-corrected chi connectivity index (χ0v) is 14.1. The highest BCUT2D eigenvalue weighted by molar-refractivity contribution is 5.88. The maximum absolute atomic E-state index is 13.0. The lowest BCUT2D eigenvalue weighted by Crippen LogP contribution is -2.53. The maximum Gasteiger partial charge on any atom is 0.230 e. The molecule has 2 unspecified atom stereocenters. The van der Waals surface area contributed by atoms with Crippen molar-refractivity contribution < 1.29 is 4.79 Å². The van der Waals surface area contributed by atoms with Crippen LogP contribution in [0.3, 0.4) is 0 Å². The molecule has 122 valence electrons. The molecule has 4 heteroatoms. The Morgan fingerprint density at radius 2 is 1.91 bits per heavy atom. The number of halogens is 1. The van der Waals surface area contributed by atoms with Crippen molar-refractivity contribution in [3.8, 4) is 0 Å². The van der Waals surface area contributed by atoms with E-state index in [1.165, 1.54) is 5.56 Å². The molecule has 3 nitrogen and oxygen atoms in total. The first kappa shape index (κ1) is 17.3. The standard InChI is InChI=1S/C18H26N2O.ClH/c1-14-13-19-12-9-16(14)20-17(21)18(10-5-6-11-18)15-7-3-2-4-8-15;/h2-4,7-8,14,16,19H,5-6,9-13H2,1H3,(H,20,21);1H. The number of carbonyl (C=O) groups is 1. The minimum absolute atomic E-state index is 0. The highest BCUT2D eigenvalue weighted by Gasteiger charge is 2.43. The zero-order valence-electron chi connectivity index (χ0n) is 13.3. The van der Waals surface area contributed by atoms with Gasteiger partial charge in [0.25, 0.3) is 0 Å². The van der Waals surface area contributed by atoms with E-state index in [1.54, 1.807) is 0 Å². The molecule has 1 aromatic carbocycles. The number of hydrogen-bond acceptors (Lipinski definition) is 2. The zero-order chi connectivity index (χ0) is 14.7. The van der Waals surface area contributed by atoms with Gasteiger partial charge < -0.3 is 10.6 Å². The average Bonchev–Trinajstić information content (AvgIpc) is 3.01. The minimum atomic E-state index is -0.286. The second kappa shape index (κ2) is 7.47. The number of hydrogen-bond donors (Lipinski definition) is 2. The van der Waals surface area contributed by atoms with Crippen molar-refractivity contribution in [3.05, 3.63) is 35.9 Å². The first-order valence-electron chi connectivity index (χ1n) is 8.29. The first-order valence-corrected chi connectivity index (χ1v) is 8.29. The number of rotatable bonds is 3. The van der Waals surface area contributed by atoms with Crippen LogP contribution in [0.25, 0.3) is 0 Å². The quantitative estimate of drug-likeness (QED) is 0.898. The van der Waals surface area contributed by atoms with Crippen molar-refractivity contribution in [2.24, 2.45) is 5.92 Å². The van der Waals surface area contributed by atoms with Crippen LogP contribution in [-0.4, -0.2) is 25.0 Å². The fourth-order valence-corrected chi connectivity index (χ4v) is 3.92. The van der Waals surface area contributed by atoms with E-state index >= 15 is 0 Å². The summed E-state index contributed by atoms with van der Waals surface area (Å²) in [6.07, 6.45) is 5.33. The van der Waals surface area contributed by atoms with Crippen molar-refractivity contribution in [2.45, 2.75) is 50.5 Å². The van der Waals surface area contributed by atoms with Gasteiger partial charge in [-0.15, -0.1) is 12.4 Å². The Labute approximate surface area is 139 Å². The molecule has 2 atom stereocenters. The Bertz CT molecular complexity index is 485. The summed E-state index contributed by atoms with van der Waals surface area (Å²) in [6, 6.07) is 10.7. The molecule has 3 rings (SSSR count). The van der Waals surface area contributed by atoms with Crippen molar-refractivity contribution >= 4 is 18.3 Å². The predicted molar refractivity (Wildman–Crippen MR) is 92.4 cm³/mol. The van der Waals surface area contributed by atoms with Crippen molar-refractivity contribution in [1.29, 1.82) is 0 Å². The molecule has 1 aromatic rings. The van der Waals surface area contributed by atoms with E-state index in [9.17, 15) is 4.79 Å². The molecular weight excluding hydrogens is 296 g/mol. The SMILES string of the molecule is CC1CNCCC1NC(=O)C1(c2ccccc2)CCCC1.Cl. The summed E-state index contributed by atoms with van der Waals surface area (Å²) in [5.41, 5.74) is 0.910. The van der Waals surface area contributed by atoms with Crippen LogP contribution >= 0.6 is 12.4 Å². The lowest BCUT2D eigenvalue weighted by Gasteiger charge is -2.35. The minimum Gasteiger partial charge on any atom is -0.352 e. The van der Waals surface area contributed by atoms with Crippen LogP contribution in [-0.2, 0) is 10.2 Å². The third-order valence-electron chi connectivity index (χ3n) is 5.32. The maximum atomic E-state index is 13.0. The van der Waals surface area contributed by atoms with Gasteiger partial charge in [0.2, 0.25) is 5.91 Å². The summed E-state index contributed by atoms with van der Waals surface area (Å²) in [6.45, 7) is 4.23. The van der Waals surface area contributed by atoms with Gasteiger partial charge in [0.05, 0.1) is 5.41 Å². The molecule has 0 radical (unpaired) electrons. The van der Waals surface area contributed by atoms with Gasteiger partial charge >= 0.3 is 0 Å². The van der Waals surface area contributed by atoms with Crippen molar-refractivity contribution in [2.75, 3.05) is 13.1 Å². The Kier molecular flexibility index (Phi) is 5.87. The summed E-state index contributed by atoms with van der Waals surface area (Å²) in [7, 11) is 0. The lowest BCUT2D eigenvalue weighted by atomic mass is 9.77. The summed E-state index contributed by atoms with van der Waals surface area (Å²) in [5.74, 6) is 0.766. The molecule has 2 fully saturated rings. The fraction of sp³-hybridized carbons (Fsp3) is 0.611. The molecule has 0 spiro atoms. The van der Waals surface area contributed by atoms with Gasteiger partial charge in [-0.05, 0) is 43.8 Å².